The van der Waals surface area contributed by atoms with Gasteiger partial charge in [0, 0.05) is 6.54 Å². The second-order valence-electron chi connectivity index (χ2n) is 5.50. The summed E-state index contributed by atoms with van der Waals surface area (Å²) in [6, 6.07) is 0.0200. The lowest BCUT2D eigenvalue weighted by molar-refractivity contribution is 0.213. The first-order valence-electron chi connectivity index (χ1n) is 7.11. The third-order valence-corrected chi connectivity index (χ3v) is 4.82. The van der Waals surface area contributed by atoms with Gasteiger partial charge in [0.05, 0.1) is 23.0 Å². The lowest BCUT2D eigenvalue weighted by Gasteiger charge is -2.34. The lowest BCUT2D eigenvalue weighted by Crippen LogP contribution is -2.33. The zero-order chi connectivity index (χ0) is 13.2. The van der Waals surface area contributed by atoms with Crippen molar-refractivity contribution in [3.63, 3.8) is 0 Å². The minimum absolute atomic E-state index is 0.0200. The van der Waals surface area contributed by atoms with Crippen LogP contribution in [-0.4, -0.2) is 9.78 Å². The van der Waals surface area contributed by atoms with E-state index in [1.165, 1.54) is 25.7 Å². The Hall–Kier alpha value is -0.540. The van der Waals surface area contributed by atoms with Gasteiger partial charge in [-0.15, -0.1) is 0 Å². The number of nitrogens with zero attached hydrogens (tertiary/aromatic N) is 2. The molecule has 0 radical (unpaired) electrons. The van der Waals surface area contributed by atoms with Crippen molar-refractivity contribution in [2.75, 3.05) is 0 Å². The van der Waals surface area contributed by atoms with Crippen molar-refractivity contribution in [2.24, 2.45) is 11.1 Å². The highest BCUT2D eigenvalue weighted by molar-refractivity contribution is 6.31. The van der Waals surface area contributed by atoms with E-state index < -0.39 is 0 Å². The molecule has 1 aliphatic rings. The van der Waals surface area contributed by atoms with E-state index in [4.69, 9.17) is 17.3 Å². The normalized spacial score (nSPS) is 20.2. The van der Waals surface area contributed by atoms with Crippen LogP contribution in [0.4, 0.5) is 0 Å². The number of aromatic nitrogens is 2. The Morgan fingerprint density at radius 3 is 2.67 bits per heavy atom. The molecular formula is C14H24ClN3. The summed E-state index contributed by atoms with van der Waals surface area (Å²) < 4.78 is 2.00. The summed E-state index contributed by atoms with van der Waals surface area (Å²) in [4.78, 5) is 0. The van der Waals surface area contributed by atoms with Crippen molar-refractivity contribution in [3.8, 4) is 0 Å². The molecular weight excluding hydrogens is 246 g/mol. The average molecular weight is 270 g/mol. The molecule has 102 valence electrons. The van der Waals surface area contributed by atoms with E-state index in [2.05, 4.69) is 18.9 Å². The van der Waals surface area contributed by atoms with Crippen molar-refractivity contribution in [2.45, 2.75) is 65.0 Å². The fourth-order valence-corrected chi connectivity index (χ4v) is 3.58. The first kappa shape index (κ1) is 13.9. The Morgan fingerprint density at radius 1 is 1.44 bits per heavy atom. The number of aryl methyl sites for hydroxylation is 1. The molecule has 1 unspecified atom stereocenters. The van der Waals surface area contributed by atoms with E-state index in [0.717, 1.165) is 30.1 Å². The first-order valence-corrected chi connectivity index (χ1v) is 7.49. The maximum absolute atomic E-state index is 6.58. The molecule has 1 atom stereocenters. The maximum Gasteiger partial charge on any atom is 0.0834 e. The molecule has 0 aliphatic heterocycles. The number of hydrogen-bond acceptors (Lipinski definition) is 2. The van der Waals surface area contributed by atoms with Gasteiger partial charge in [0.2, 0.25) is 0 Å². The second-order valence-corrected chi connectivity index (χ2v) is 5.91. The molecule has 2 N–H and O–H groups in total. The van der Waals surface area contributed by atoms with Gasteiger partial charge in [-0.2, -0.15) is 5.10 Å². The van der Waals surface area contributed by atoms with E-state index in [-0.39, 0.29) is 11.5 Å². The van der Waals surface area contributed by atoms with Crippen molar-refractivity contribution in [1.82, 2.24) is 9.78 Å². The Morgan fingerprint density at radius 2 is 2.11 bits per heavy atom. The largest absolute Gasteiger partial charge is 0.322 e. The Labute approximate surface area is 115 Å². The highest BCUT2D eigenvalue weighted by atomic mass is 35.5. The van der Waals surface area contributed by atoms with Crippen LogP contribution in [0.5, 0.6) is 0 Å². The van der Waals surface area contributed by atoms with Crippen LogP contribution >= 0.6 is 11.6 Å². The maximum atomic E-state index is 6.58. The zero-order valence-corrected chi connectivity index (χ0v) is 12.2. The van der Waals surface area contributed by atoms with Gasteiger partial charge < -0.3 is 5.73 Å². The van der Waals surface area contributed by atoms with Crippen LogP contribution < -0.4 is 5.73 Å². The summed E-state index contributed by atoms with van der Waals surface area (Å²) in [5.74, 6) is 0. The SMILES string of the molecule is CCCn1ncc(Cl)c1C(N)C1(CC)CCCC1. The van der Waals surface area contributed by atoms with E-state index >= 15 is 0 Å². The first-order chi connectivity index (χ1) is 8.64. The van der Waals surface area contributed by atoms with Crippen LogP contribution in [0, 0.1) is 5.41 Å². The van der Waals surface area contributed by atoms with Crippen LogP contribution in [0.15, 0.2) is 6.20 Å². The zero-order valence-electron chi connectivity index (χ0n) is 11.5. The van der Waals surface area contributed by atoms with Gasteiger partial charge in [0.15, 0.2) is 0 Å². The Balaban J connectivity index is 2.32. The molecule has 0 amide bonds. The molecule has 0 spiro atoms. The van der Waals surface area contributed by atoms with E-state index in [1.807, 2.05) is 4.68 Å². The molecule has 1 aliphatic carbocycles. The monoisotopic (exact) mass is 269 g/mol. The van der Waals surface area contributed by atoms with E-state index in [9.17, 15) is 0 Å². The molecule has 18 heavy (non-hydrogen) atoms. The highest BCUT2D eigenvalue weighted by Gasteiger charge is 2.40. The van der Waals surface area contributed by atoms with Crippen LogP contribution in [0.2, 0.25) is 5.02 Å². The van der Waals surface area contributed by atoms with Crippen LogP contribution in [0.1, 0.15) is 64.1 Å². The molecule has 1 aromatic heterocycles. The predicted molar refractivity (Wildman–Crippen MR) is 75.6 cm³/mol. The third-order valence-electron chi connectivity index (χ3n) is 4.53. The smallest absolute Gasteiger partial charge is 0.0834 e. The van der Waals surface area contributed by atoms with Gasteiger partial charge in [-0.3, -0.25) is 4.68 Å². The number of hydrogen-bond donors (Lipinski definition) is 1. The molecule has 0 saturated heterocycles. The summed E-state index contributed by atoms with van der Waals surface area (Å²) in [6.07, 6.45) is 8.95. The van der Waals surface area contributed by atoms with Gasteiger partial charge >= 0.3 is 0 Å². The van der Waals surface area contributed by atoms with Crippen LogP contribution in [-0.2, 0) is 6.54 Å². The quantitative estimate of drug-likeness (QED) is 0.881. The minimum Gasteiger partial charge on any atom is -0.322 e. The van der Waals surface area contributed by atoms with E-state index in [1.54, 1.807) is 6.20 Å². The summed E-state index contributed by atoms with van der Waals surface area (Å²) >= 11 is 6.31. The molecule has 1 aromatic rings. The van der Waals surface area contributed by atoms with Crippen LogP contribution in [0.25, 0.3) is 0 Å². The fraction of sp³-hybridized carbons (Fsp3) is 0.786. The van der Waals surface area contributed by atoms with Gasteiger partial charge in [0.1, 0.15) is 0 Å². The van der Waals surface area contributed by atoms with Crippen molar-refractivity contribution in [3.05, 3.63) is 16.9 Å². The molecule has 2 rings (SSSR count). The van der Waals surface area contributed by atoms with Crippen LogP contribution in [0.3, 0.4) is 0 Å². The topological polar surface area (TPSA) is 43.8 Å². The predicted octanol–water partition coefficient (Wildman–Crippen LogP) is 3.92. The summed E-state index contributed by atoms with van der Waals surface area (Å²) in [6.45, 7) is 5.30. The van der Waals surface area contributed by atoms with E-state index in [0.29, 0.717) is 0 Å². The Kier molecular flexibility index (Phi) is 4.33. The van der Waals surface area contributed by atoms with Gasteiger partial charge in [-0.1, -0.05) is 38.3 Å². The second kappa shape index (κ2) is 5.62. The molecule has 4 heteroatoms. The fourth-order valence-electron chi connectivity index (χ4n) is 3.32. The third kappa shape index (κ3) is 2.30. The summed E-state index contributed by atoms with van der Waals surface area (Å²) in [7, 11) is 0. The number of halogens is 1. The minimum atomic E-state index is 0.0200. The van der Waals surface area contributed by atoms with Crippen molar-refractivity contribution >= 4 is 11.6 Å². The average Bonchev–Trinajstić information content (AvgIpc) is 2.97. The van der Waals surface area contributed by atoms with Gasteiger partial charge in [-0.05, 0) is 31.1 Å². The van der Waals surface area contributed by atoms with Gasteiger partial charge in [0.25, 0.3) is 0 Å². The molecule has 1 saturated carbocycles. The van der Waals surface area contributed by atoms with Crippen molar-refractivity contribution in [1.29, 1.82) is 0 Å². The Bertz CT molecular complexity index is 394. The standard InChI is InChI=1S/C14H24ClN3/c1-3-9-18-12(11(15)10-17-18)13(16)14(4-2)7-5-6-8-14/h10,13H,3-9,16H2,1-2H3. The number of rotatable bonds is 5. The number of nitrogens with two attached hydrogens (primary N) is 1. The lowest BCUT2D eigenvalue weighted by atomic mass is 9.75. The molecule has 3 nitrogen and oxygen atoms in total. The summed E-state index contributed by atoms with van der Waals surface area (Å²) in [5, 5.41) is 5.10. The molecule has 0 bridgehead atoms. The molecule has 1 fully saturated rings. The molecule has 0 aromatic carbocycles. The van der Waals surface area contributed by atoms with Crippen molar-refractivity contribution < 1.29 is 0 Å². The van der Waals surface area contributed by atoms with Gasteiger partial charge in [-0.25, -0.2) is 0 Å². The molecule has 1 heterocycles. The summed E-state index contributed by atoms with van der Waals surface area (Å²) in [5.41, 5.74) is 7.85. The highest BCUT2D eigenvalue weighted by Crippen LogP contribution is 2.49.